The van der Waals surface area contributed by atoms with Crippen LogP contribution in [0, 0.1) is 0 Å². The van der Waals surface area contributed by atoms with Crippen LogP contribution in [0.3, 0.4) is 0 Å². The van der Waals surface area contributed by atoms with Gasteiger partial charge in [0, 0.05) is 49.1 Å². The maximum atomic E-state index is 5.35. The highest BCUT2D eigenvalue weighted by Crippen LogP contribution is 2.43. The van der Waals surface area contributed by atoms with E-state index >= 15 is 0 Å². The molecule has 0 aliphatic rings. The van der Waals surface area contributed by atoms with Gasteiger partial charge >= 0.3 is 0 Å². The molecule has 0 saturated heterocycles. The van der Waals surface area contributed by atoms with Crippen LogP contribution in [0.1, 0.15) is 0 Å². The van der Waals surface area contributed by atoms with E-state index < -0.39 is 0 Å². The van der Waals surface area contributed by atoms with Gasteiger partial charge in [0.2, 0.25) is 5.95 Å². The molecule has 0 atom stereocenters. The Labute approximate surface area is 327 Å². The molecule has 0 spiro atoms. The van der Waals surface area contributed by atoms with Crippen molar-refractivity contribution in [2.45, 2.75) is 0 Å². The molecule has 6 nitrogen and oxygen atoms in total. The topological polar surface area (TPSA) is 53.5 Å². The minimum absolute atomic E-state index is 0.573. The number of fused-ring (bicyclic) bond motifs is 10. The van der Waals surface area contributed by atoms with E-state index in [9.17, 15) is 0 Å². The van der Waals surface area contributed by atoms with E-state index in [0.29, 0.717) is 17.6 Å². The average Bonchev–Trinajstić information content (AvgIpc) is 3.92. The van der Waals surface area contributed by atoms with E-state index in [1.165, 1.54) is 32.6 Å². The molecular formula is C51H32N6. The zero-order valence-corrected chi connectivity index (χ0v) is 30.7. The molecule has 0 unspecified atom stereocenters. The van der Waals surface area contributed by atoms with E-state index in [1.54, 1.807) is 0 Å². The molecule has 8 aromatic carbocycles. The first-order chi connectivity index (χ1) is 28.3. The highest BCUT2D eigenvalue weighted by molar-refractivity contribution is 6.29. The quantitative estimate of drug-likeness (QED) is 0.177. The van der Waals surface area contributed by atoms with Gasteiger partial charge in [-0.15, -0.1) is 0 Å². The van der Waals surface area contributed by atoms with Gasteiger partial charge in [0.1, 0.15) is 0 Å². The summed E-state index contributed by atoms with van der Waals surface area (Å²) in [7, 11) is 0. The summed E-state index contributed by atoms with van der Waals surface area (Å²) in [5.74, 6) is 1.79. The van der Waals surface area contributed by atoms with Crippen molar-refractivity contribution in [3.63, 3.8) is 0 Å². The second kappa shape index (κ2) is 12.3. The minimum atomic E-state index is 0.573. The maximum Gasteiger partial charge on any atom is 0.238 e. The lowest BCUT2D eigenvalue weighted by atomic mass is 10.1. The lowest BCUT2D eigenvalue weighted by Gasteiger charge is -2.15. The van der Waals surface area contributed by atoms with Crippen LogP contribution in [0.15, 0.2) is 194 Å². The van der Waals surface area contributed by atoms with Crippen LogP contribution in [-0.4, -0.2) is 28.7 Å². The Hall–Kier alpha value is -7.83. The zero-order valence-electron chi connectivity index (χ0n) is 30.7. The molecular weight excluding hydrogens is 697 g/mol. The fourth-order valence-corrected chi connectivity index (χ4v) is 8.93. The molecule has 0 N–H and O–H groups in total. The molecule has 0 amide bonds. The zero-order chi connectivity index (χ0) is 37.5. The third kappa shape index (κ3) is 4.68. The first-order valence-electron chi connectivity index (χ1n) is 19.2. The van der Waals surface area contributed by atoms with Gasteiger partial charge in [0.25, 0.3) is 0 Å². The van der Waals surface area contributed by atoms with Crippen molar-refractivity contribution < 1.29 is 0 Å². The fourth-order valence-electron chi connectivity index (χ4n) is 8.93. The summed E-state index contributed by atoms with van der Waals surface area (Å²) in [5.41, 5.74) is 10.6. The number of hydrogen-bond acceptors (Lipinski definition) is 3. The molecule has 57 heavy (non-hydrogen) atoms. The predicted octanol–water partition coefficient (Wildman–Crippen LogP) is 12.5. The molecule has 12 aromatic rings. The van der Waals surface area contributed by atoms with E-state index in [2.05, 4.69) is 190 Å². The van der Waals surface area contributed by atoms with Gasteiger partial charge in [-0.1, -0.05) is 133 Å². The number of hydrogen-bond donors (Lipinski definition) is 0. The van der Waals surface area contributed by atoms with E-state index in [0.717, 1.165) is 55.3 Å². The van der Waals surface area contributed by atoms with Gasteiger partial charge < -0.3 is 9.13 Å². The summed E-state index contributed by atoms with van der Waals surface area (Å²) in [4.78, 5) is 15.8. The lowest BCUT2D eigenvalue weighted by Crippen LogP contribution is -2.07. The molecule has 4 heterocycles. The number of rotatable bonds is 5. The summed E-state index contributed by atoms with van der Waals surface area (Å²) in [6.07, 6.45) is 0. The van der Waals surface area contributed by atoms with Crippen LogP contribution in [0.5, 0.6) is 0 Å². The van der Waals surface area contributed by atoms with Crippen molar-refractivity contribution in [3.05, 3.63) is 194 Å². The molecule has 0 radical (unpaired) electrons. The molecule has 0 aliphatic carbocycles. The summed E-state index contributed by atoms with van der Waals surface area (Å²) < 4.78 is 6.95. The van der Waals surface area contributed by atoms with Gasteiger partial charge in [-0.25, -0.2) is 4.98 Å². The van der Waals surface area contributed by atoms with Crippen molar-refractivity contribution in [2.24, 2.45) is 0 Å². The van der Waals surface area contributed by atoms with Gasteiger partial charge in [-0.2, -0.15) is 9.97 Å². The number of para-hydroxylation sites is 6. The summed E-state index contributed by atoms with van der Waals surface area (Å²) in [6.45, 7) is 0. The normalized spacial score (nSPS) is 11.9. The molecule has 6 heteroatoms. The third-order valence-corrected chi connectivity index (χ3v) is 11.3. The number of aromatic nitrogens is 6. The van der Waals surface area contributed by atoms with Crippen molar-refractivity contribution in [1.82, 2.24) is 28.7 Å². The van der Waals surface area contributed by atoms with Crippen LogP contribution in [-0.2, 0) is 0 Å². The Bertz CT molecular complexity index is 3470. The van der Waals surface area contributed by atoms with Crippen molar-refractivity contribution >= 4 is 65.4 Å². The van der Waals surface area contributed by atoms with Gasteiger partial charge in [-0.05, 0) is 60.7 Å². The highest BCUT2D eigenvalue weighted by atomic mass is 15.2. The lowest BCUT2D eigenvalue weighted by molar-refractivity contribution is 0.951. The number of nitrogens with zero attached hydrogens (tertiary/aromatic N) is 6. The average molecular weight is 729 g/mol. The largest absolute Gasteiger partial charge is 0.309 e. The standard InChI is InChI=1S/C51H32N6/c1-3-17-33(18-4-1)49-52-50(54-51(53-49)57-40-26-12-7-21-35(40)36-22-8-13-27-41(36)57)39-25-11-16-30-44(39)56-43-29-15-10-24-38(43)48-46(56)32-31-45-47(48)37-23-9-14-28-42(37)55(45)34-19-5-2-6-20-34/h1-32H. The Kier molecular flexibility index (Phi) is 6.83. The molecule has 4 aromatic heterocycles. The second-order valence-electron chi connectivity index (χ2n) is 14.4. The first kappa shape index (κ1) is 31.5. The molecule has 266 valence electrons. The van der Waals surface area contributed by atoms with Crippen molar-refractivity contribution in [2.75, 3.05) is 0 Å². The SMILES string of the molecule is c1ccc(-c2nc(-c3ccccc3-n3c4ccccc4c4c5c6ccccc6n(-c6ccccc6)c5ccc43)nc(-n3c4ccccc4c4ccccc43)n2)cc1. The van der Waals surface area contributed by atoms with E-state index in [4.69, 9.17) is 15.0 Å². The Morgan fingerprint density at radius 1 is 0.298 bits per heavy atom. The van der Waals surface area contributed by atoms with Crippen molar-refractivity contribution in [3.8, 4) is 40.1 Å². The fraction of sp³-hybridized carbons (Fsp3) is 0. The van der Waals surface area contributed by atoms with Gasteiger partial charge in [-0.3, -0.25) is 4.57 Å². The molecule has 0 aliphatic heterocycles. The van der Waals surface area contributed by atoms with E-state index in [-0.39, 0.29) is 0 Å². The molecule has 0 fully saturated rings. The number of benzene rings is 8. The highest BCUT2D eigenvalue weighted by Gasteiger charge is 2.23. The second-order valence-corrected chi connectivity index (χ2v) is 14.4. The Morgan fingerprint density at radius 2 is 0.754 bits per heavy atom. The van der Waals surface area contributed by atoms with Gasteiger partial charge in [0.15, 0.2) is 11.6 Å². The third-order valence-electron chi connectivity index (χ3n) is 11.3. The molecule has 12 rings (SSSR count). The van der Waals surface area contributed by atoms with Gasteiger partial charge in [0.05, 0.1) is 38.8 Å². The van der Waals surface area contributed by atoms with Crippen molar-refractivity contribution in [1.29, 1.82) is 0 Å². The van der Waals surface area contributed by atoms with Crippen LogP contribution in [0.25, 0.3) is 106 Å². The van der Waals surface area contributed by atoms with E-state index in [1.807, 2.05) is 18.2 Å². The van der Waals surface area contributed by atoms with Crippen LogP contribution in [0.2, 0.25) is 0 Å². The predicted molar refractivity (Wildman–Crippen MR) is 234 cm³/mol. The van der Waals surface area contributed by atoms with Crippen LogP contribution in [0.4, 0.5) is 0 Å². The Morgan fingerprint density at radius 3 is 1.39 bits per heavy atom. The smallest absolute Gasteiger partial charge is 0.238 e. The summed E-state index contributed by atoms with van der Waals surface area (Å²) in [5, 5.41) is 7.17. The van der Waals surface area contributed by atoms with Crippen LogP contribution < -0.4 is 0 Å². The summed E-state index contributed by atoms with van der Waals surface area (Å²) >= 11 is 0. The minimum Gasteiger partial charge on any atom is -0.309 e. The Balaban J connectivity index is 1.16. The molecule has 0 bridgehead atoms. The summed E-state index contributed by atoms with van der Waals surface area (Å²) in [6, 6.07) is 68.3. The van der Waals surface area contributed by atoms with Crippen LogP contribution >= 0.6 is 0 Å². The monoisotopic (exact) mass is 728 g/mol. The molecule has 0 saturated carbocycles. The maximum absolute atomic E-state index is 5.35. The first-order valence-corrected chi connectivity index (χ1v) is 19.2.